The molecular weight excluding hydrogens is 238 g/mol. The van der Waals surface area contributed by atoms with Crippen molar-refractivity contribution in [3.63, 3.8) is 0 Å². The van der Waals surface area contributed by atoms with E-state index in [0.29, 0.717) is 5.02 Å². The van der Waals surface area contributed by atoms with Crippen molar-refractivity contribution in [3.05, 3.63) is 22.7 Å². The topological polar surface area (TPSA) is 30.5 Å². The van der Waals surface area contributed by atoms with Gasteiger partial charge in [-0.25, -0.2) is 0 Å². The molecule has 17 heavy (non-hydrogen) atoms. The highest BCUT2D eigenvalue weighted by molar-refractivity contribution is 6.32. The highest BCUT2D eigenvalue weighted by Crippen LogP contribution is 2.42. The maximum Gasteiger partial charge on any atom is 0.142 e. The first-order valence-corrected chi connectivity index (χ1v) is 6.15. The fourth-order valence-electron chi connectivity index (χ4n) is 2.43. The molecule has 1 atom stereocenters. The monoisotopic (exact) mass is 255 g/mol. The number of halogens is 1. The molecule has 1 saturated heterocycles. The van der Waals surface area contributed by atoms with Crippen LogP contribution in [0, 0.1) is 0 Å². The van der Waals surface area contributed by atoms with Crippen molar-refractivity contribution in [3.8, 4) is 11.5 Å². The average molecular weight is 256 g/mol. The number of methoxy groups -OCH3 is 2. The minimum atomic E-state index is -0.0798. The van der Waals surface area contributed by atoms with E-state index in [0.717, 1.165) is 36.4 Å². The Morgan fingerprint density at radius 1 is 1.29 bits per heavy atom. The summed E-state index contributed by atoms with van der Waals surface area (Å²) < 4.78 is 10.7. The summed E-state index contributed by atoms with van der Waals surface area (Å²) in [6.07, 6.45) is 2.24. The van der Waals surface area contributed by atoms with Crippen LogP contribution in [0.1, 0.15) is 25.3 Å². The number of rotatable bonds is 3. The van der Waals surface area contributed by atoms with Crippen LogP contribution in [0.5, 0.6) is 11.5 Å². The van der Waals surface area contributed by atoms with Gasteiger partial charge in [-0.15, -0.1) is 0 Å². The minimum absolute atomic E-state index is 0.0798. The first-order valence-electron chi connectivity index (χ1n) is 5.78. The molecule has 0 aromatic heterocycles. The quantitative estimate of drug-likeness (QED) is 0.901. The molecule has 2 rings (SSSR count). The summed E-state index contributed by atoms with van der Waals surface area (Å²) in [6.45, 7) is 3.20. The van der Waals surface area contributed by atoms with Crippen LogP contribution in [-0.2, 0) is 5.54 Å². The normalized spacial score (nSPS) is 23.8. The van der Waals surface area contributed by atoms with Gasteiger partial charge in [-0.2, -0.15) is 0 Å². The van der Waals surface area contributed by atoms with E-state index >= 15 is 0 Å². The Balaban J connectivity index is 2.53. The molecule has 0 bridgehead atoms. The van der Waals surface area contributed by atoms with E-state index in [1.165, 1.54) is 0 Å². The lowest BCUT2D eigenvalue weighted by Gasteiger charge is -2.28. The third-order valence-corrected chi connectivity index (χ3v) is 3.70. The van der Waals surface area contributed by atoms with Crippen molar-refractivity contribution in [2.75, 3.05) is 20.8 Å². The number of hydrogen-bond acceptors (Lipinski definition) is 3. The second kappa shape index (κ2) is 4.75. The van der Waals surface area contributed by atoms with Crippen LogP contribution in [0.25, 0.3) is 0 Å². The molecule has 0 amide bonds. The number of nitrogens with one attached hydrogen (secondary N) is 1. The zero-order valence-electron chi connectivity index (χ0n) is 10.5. The van der Waals surface area contributed by atoms with Gasteiger partial charge in [0.1, 0.15) is 11.5 Å². The van der Waals surface area contributed by atoms with Crippen molar-refractivity contribution in [2.45, 2.75) is 25.3 Å². The molecule has 1 aromatic carbocycles. The van der Waals surface area contributed by atoms with E-state index in [4.69, 9.17) is 21.1 Å². The van der Waals surface area contributed by atoms with Crippen LogP contribution >= 0.6 is 11.6 Å². The van der Waals surface area contributed by atoms with Gasteiger partial charge >= 0.3 is 0 Å². The molecule has 1 aliphatic heterocycles. The van der Waals surface area contributed by atoms with Crippen molar-refractivity contribution in [2.24, 2.45) is 0 Å². The number of ether oxygens (including phenoxy) is 2. The van der Waals surface area contributed by atoms with Crippen LogP contribution < -0.4 is 14.8 Å². The molecule has 1 unspecified atom stereocenters. The standard InChI is InChI=1S/C13H18ClNO2/c1-13(5-4-6-15-13)10-7-9(16-2)8-11(14)12(10)17-3/h7-8,15H,4-6H2,1-3H3. The molecule has 1 fully saturated rings. The second-order valence-corrected chi connectivity index (χ2v) is 4.96. The smallest absolute Gasteiger partial charge is 0.142 e. The maximum absolute atomic E-state index is 6.22. The van der Waals surface area contributed by atoms with Crippen LogP contribution in [0.3, 0.4) is 0 Å². The Morgan fingerprint density at radius 2 is 2.06 bits per heavy atom. The van der Waals surface area contributed by atoms with Gasteiger partial charge in [0.05, 0.1) is 19.2 Å². The van der Waals surface area contributed by atoms with Crippen molar-refractivity contribution < 1.29 is 9.47 Å². The highest BCUT2D eigenvalue weighted by atomic mass is 35.5. The highest BCUT2D eigenvalue weighted by Gasteiger charge is 2.34. The predicted molar refractivity (Wildman–Crippen MR) is 69.1 cm³/mol. The predicted octanol–water partition coefficient (Wildman–Crippen LogP) is 2.96. The molecular formula is C13H18ClNO2. The first-order chi connectivity index (χ1) is 8.10. The summed E-state index contributed by atoms with van der Waals surface area (Å²) in [5, 5.41) is 4.10. The summed E-state index contributed by atoms with van der Waals surface area (Å²) in [4.78, 5) is 0. The zero-order chi connectivity index (χ0) is 12.5. The molecule has 1 heterocycles. The largest absolute Gasteiger partial charge is 0.497 e. The fourth-order valence-corrected chi connectivity index (χ4v) is 2.71. The number of benzene rings is 1. The van der Waals surface area contributed by atoms with Gasteiger partial charge < -0.3 is 14.8 Å². The van der Waals surface area contributed by atoms with Crippen molar-refractivity contribution in [1.82, 2.24) is 5.32 Å². The van der Waals surface area contributed by atoms with E-state index in [1.54, 1.807) is 20.3 Å². The van der Waals surface area contributed by atoms with Gasteiger partial charge in [-0.3, -0.25) is 0 Å². The molecule has 0 saturated carbocycles. The van der Waals surface area contributed by atoms with Crippen LogP contribution in [0.15, 0.2) is 12.1 Å². The lowest BCUT2D eigenvalue weighted by atomic mass is 9.89. The maximum atomic E-state index is 6.22. The molecule has 4 heteroatoms. The average Bonchev–Trinajstić information content (AvgIpc) is 2.76. The fraction of sp³-hybridized carbons (Fsp3) is 0.538. The molecule has 1 N–H and O–H groups in total. The Kier molecular flexibility index (Phi) is 3.50. The first kappa shape index (κ1) is 12.5. The molecule has 0 aliphatic carbocycles. The molecule has 0 radical (unpaired) electrons. The zero-order valence-corrected chi connectivity index (χ0v) is 11.2. The second-order valence-electron chi connectivity index (χ2n) is 4.55. The lowest BCUT2D eigenvalue weighted by molar-refractivity contribution is 0.364. The van der Waals surface area contributed by atoms with Crippen LogP contribution in [0.4, 0.5) is 0 Å². The Bertz CT molecular complexity index is 414. The van der Waals surface area contributed by atoms with Crippen LogP contribution in [-0.4, -0.2) is 20.8 Å². The van der Waals surface area contributed by atoms with Crippen molar-refractivity contribution in [1.29, 1.82) is 0 Å². The van der Waals surface area contributed by atoms with Gasteiger partial charge in [-0.05, 0) is 32.4 Å². The molecule has 1 aromatic rings. The SMILES string of the molecule is COc1cc(Cl)c(OC)c(C2(C)CCCN2)c1. The van der Waals surface area contributed by atoms with Gasteiger partial charge in [0.15, 0.2) is 0 Å². The minimum Gasteiger partial charge on any atom is -0.497 e. The van der Waals surface area contributed by atoms with Gasteiger partial charge in [0.2, 0.25) is 0 Å². The van der Waals surface area contributed by atoms with Crippen molar-refractivity contribution >= 4 is 11.6 Å². The van der Waals surface area contributed by atoms with E-state index in [1.807, 2.05) is 6.07 Å². The molecule has 94 valence electrons. The Morgan fingerprint density at radius 3 is 2.59 bits per heavy atom. The van der Waals surface area contributed by atoms with Crippen LogP contribution in [0.2, 0.25) is 5.02 Å². The summed E-state index contributed by atoms with van der Waals surface area (Å²) in [6, 6.07) is 3.78. The van der Waals surface area contributed by atoms with Gasteiger partial charge in [0, 0.05) is 17.2 Å². The summed E-state index contributed by atoms with van der Waals surface area (Å²) in [5.74, 6) is 1.50. The van der Waals surface area contributed by atoms with E-state index in [9.17, 15) is 0 Å². The van der Waals surface area contributed by atoms with E-state index in [2.05, 4.69) is 12.2 Å². The molecule has 1 aliphatic rings. The third kappa shape index (κ3) is 2.22. The van der Waals surface area contributed by atoms with Gasteiger partial charge in [0.25, 0.3) is 0 Å². The van der Waals surface area contributed by atoms with Gasteiger partial charge in [-0.1, -0.05) is 11.6 Å². The van der Waals surface area contributed by atoms with E-state index < -0.39 is 0 Å². The summed E-state index contributed by atoms with van der Waals surface area (Å²) in [7, 11) is 3.29. The molecule has 3 nitrogen and oxygen atoms in total. The Hall–Kier alpha value is -0.930. The molecule has 0 spiro atoms. The Labute approximate surface area is 107 Å². The summed E-state index contributed by atoms with van der Waals surface area (Å²) >= 11 is 6.22. The number of hydrogen-bond donors (Lipinski definition) is 1. The summed E-state index contributed by atoms with van der Waals surface area (Å²) in [5.41, 5.74) is 0.991. The van der Waals surface area contributed by atoms with E-state index in [-0.39, 0.29) is 5.54 Å². The lowest BCUT2D eigenvalue weighted by Crippen LogP contribution is -2.33. The third-order valence-electron chi connectivity index (χ3n) is 3.42.